The highest BCUT2D eigenvalue weighted by atomic mass is 16.1. The summed E-state index contributed by atoms with van der Waals surface area (Å²) in [5.74, 6) is -0.0276. The van der Waals surface area contributed by atoms with Crippen molar-refractivity contribution in [1.82, 2.24) is 0 Å². The van der Waals surface area contributed by atoms with Gasteiger partial charge in [-0.15, -0.1) is 0 Å². The van der Waals surface area contributed by atoms with E-state index in [1.54, 1.807) is 24.3 Å². The van der Waals surface area contributed by atoms with Crippen LogP contribution in [0, 0.1) is 11.3 Å². The molecule has 3 aromatic carbocycles. The Hall–Kier alpha value is -2.92. The predicted octanol–water partition coefficient (Wildman–Crippen LogP) is 3.94. The first-order chi connectivity index (χ1) is 9.78. The van der Waals surface area contributed by atoms with Crippen molar-refractivity contribution < 1.29 is 4.79 Å². The molecule has 0 aliphatic rings. The number of hydrogen-bond acceptors (Lipinski definition) is 2. The molecule has 2 nitrogen and oxygen atoms in total. The summed E-state index contributed by atoms with van der Waals surface area (Å²) in [5, 5.41) is 10.9. The molecular formula is C18H11NO. The fourth-order valence-corrected chi connectivity index (χ4v) is 2.19. The van der Waals surface area contributed by atoms with E-state index in [2.05, 4.69) is 0 Å². The Morgan fingerprint density at radius 1 is 0.800 bits per heavy atom. The third kappa shape index (κ3) is 2.17. The quantitative estimate of drug-likeness (QED) is 0.652. The third-order valence-electron chi connectivity index (χ3n) is 3.29. The molecule has 0 saturated carbocycles. The van der Waals surface area contributed by atoms with Crippen molar-refractivity contribution in [3.8, 4) is 6.07 Å². The molecule has 0 atom stereocenters. The van der Waals surface area contributed by atoms with Gasteiger partial charge in [-0.2, -0.15) is 5.26 Å². The van der Waals surface area contributed by atoms with Gasteiger partial charge in [-0.1, -0.05) is 36.4 Å². The van der Waals surface area contributed by atoms with Crippen LogP contribution in [-0.2, 0) is 0 Å². The monoisotopic (exact) mass is 257 g/mol. The Kier molecular flexibility index (Phi) is 3.02. The molecule has 0 radical (unpaired) electrons. The van der Waals surface area contributed by atoms with Gasteiger partial charge in [-0.25, -0.2) is 0 Å². The van der Waals surface area contributed by atoms with Gasteiger partial charge in [0.05, 0.1) is 11.6 Å². The van der Waals surface area contributed by atoms with Gasteiger partial charge < -0.3 is 0 Å². The van der Waals surface area contributed by atoms with Gasteiger partial charge in [0.25, 0.3) is 0 Å². The van der Waals surface area contributed by atoms with Gasteiger partial charge >= 0.3 is 0 Å². The maximum Gasteiger partial charge on any atom is 0.193 e. The normalized spacial score (nSPS) is 10.2. The minimum absolute atomic E-state index is 0.0276. The topological polar surface area (TPSA) is 40.9 Å². The van der Waals surface area contributed by atoms with E-state index in [4.69, 9.17) is 5.26 Å². The lowest BCUT2D eigenvalue weighted by Crippen LogP contribution is -2.01. The minimum Gasteiger partial charge on any atom is -0.289 e. The van der Waals surface area contributed by atoms with Crippen molar-refractivity contribution in [2.45, 2.75) is 0 Å². The van der Waals surface area contributed by atoms with E-state index in [0.29, 0.717) is 16.7 Å². The van der Waals surface area contributed by atoms with Crippen molar-refractivity contribution in [2.24, 2.45) is 0 Å². The van der Waals surface area contributed by atoms with Crippen LogP contribution in [0.1, 0.15) is 21.5 Å². The molecular weight excluding hydrogens is 246 g/mol. The summed E-state index contributed by atoms with van der Waals surface area (Å²) in [7, 11) is 0. The van der Waals surface area contributed by atoms with Crippen LogP contribution >= 0.6 is 0 Å². The molecule has 0 spiro atoms. The predicted molar refractivity (Wildman–Crippen MR) is 78.5 cm³/mol. The van der Waals surface area contributed by atoms with Crippen LogP contribution in [0.15, 0.2) is 66.7 Å². The Balaban J connectivity index is 2.01. The van der Waals surface area contributed by atoms with Crippen LogP contribution in [0.5, 0.6) is 0 Å². The van der Waals surface area contributed by atoms with Crippen molar-refractivity contribution in [3.05, 3.63) is 83.4 Å². The van der Waals surface area contributed by atoms with Gasteiger partial charge in [-0.05, 0) is 41.1 Å². The van der Waals surface area contributed by atoms with E-state index in [1.165, 1.54) is 0 Å². The first-order valence-electron chi connectivity index (χ1n) is 6.31. The van der Waals surface area contributed by atoms with Crippen LogP contribution in [0.4, 0.5) is 0 Å². The zero-order valence-corrected chi connectivity index (χ0v) is 10.7. The number of ketones is 1. The second-order valence-electron chi connectivity index (χ2n) is 4.58. The summed E-state index contributed by atoms with van der Waals surface area (Å²) in [4.78, 5) is 12.4. The molecule has 0 bridgehead atoms. The molecule has 0 aromatic heterocycles. The Morgan fingerprint density at radius 3 is 2.15 bits per heavy atom. The van der Waals surface area contributed by atoms with Crippen molar-refractivity contribution in [1.29, 1.82) is 5.26 Å². The fourth-order valence-electron chi connectivity index (χ4n) is 2.19. The fraction of sp³-hybridized carbons (Fsp3) is 0. The number of rotatable bonds is 2. The SMILES string of the molecule is N#Cc1ccc(C(=O)c2ccc3ccccc3c2)cc1. The second kappa shape index (κ2) is 4.99. The lowest BCUT2D eigenvalue weighted by Gasteiger charge is -2.03. The van der Waals surface area contributed by atoms with Gasteiger partial charge in [-0.3, -0.25) is 4.79 Å². The molecule has 20 heavy (non-hydrogen) atoms. The summed E-state index contributed by atoms with van der Waals surface area (Å²) in [5.41, 5.74) is 1.81. The maximum atomic E-state index is 12.4. The standard InChI is InChI=1S/C18H11NO/c19-12-13-5-7-15(8-6-13)18(20)17-10-9-14-3-1-2-4-16(14)11-17/h1-11H. The highest BCUT2D eigenvalue weighted by Gasteiger charge is 2.09. The molecule has 3 rings (SSSR count). The van der Waals surface area contributed by atoms with Gasteiger partial charge in [0.1, 0.15) is 0 Å². The Morgan fingerprint density at radius 2 is 1.45 bits per heavy atom. The minimum atomic E-state index is -0.0276. The van der Waals surface area contributed by atoms with Crippen molar-refractivity contribution >= 4 is 16.6 Å². The summed E-state index contributed by atoms with van der Waals surface area (Å²) >= 11 is 0. The Bertz CT molecular complexity index is 826. The van der Waals surface area contributed by atoms with Gasteiger partial charge in [0.2, 0.25) is 0 Å². The number of fused-ring (bicyclic) bond motifs is 1. The highest BCUT2D eigenvalue weighted by molar-refractivity contribution is 6.10. The summed E-state index contributed by atoms with van der Waals surface area (Å²) in [6.45, 7) is 0. The number of nitriles is 1. The number of hydrogen-bond donors (Lipinski definition) is 0. The Labute approximate surface area is 116 Å². The van der Waals surface area contributed by atoms with E-state index in [1.807, 2.05) is 48.5 Å². The molecule has 0 aliphatic carbocycles. The second-order valence-corrected chi connectivity index (χ2v) is 4.58. The zero-order valence-electron chi connectivity index (χ0n) is 10.7. The number of nitrogens with zero attached hydrogens (tertiary/aromatic N) is 1. The van der Waals surface area contributed by atoms with Crippen LogP contribution in [-0.4, -0.2) is 5.78 Å². The molecule has 0 heterocycles. The van der Waals surface area contributed by atoms with E-state index >= 15 is 0 Å². The lowest BCUT2D eigenvalue weighted by molar-refractivity contribution is 0.103. The average molecular weight is 257 g/mol. The first kappa shape index (κ1) is 12.1. The van der Waals surface area contributed by atoms with E-state index in [-0.39, 0.29) is 5.78 Å². The molecule has 0 aliphatic heterocycles. The van der Waals surface area contributed by atoms with Gasteiger partial charge in [0.15, 0.2) is 5.78 Å². The van der Waals surface area contributed by atoms with Crippen molar-refractivity contribution in [2.75, 3.05) is 0 Å². The first-order valence-corrected chi connectivity index (χ1v) is 6.31. The molecule has 3 aromatic rings. The molecule has 2 heteroatoms. The number of benzene rings is 3. The molecule has 0 fully saturated rings. The van der Waals surface area contributed by atoms with Crippen LogP contribution in [0.3, 0.4) is 0 Å². The largest absolute Gasteiger partial charge is 0.289 e. The summed E-state index contributed by atoms with van der Waals surface area (Å²) in [6.07, 6.45) is 0. The maximum absolute atomic E-state index is 12.4. The van der Waals surface area contributed by atoms with E-state index in [9.17, 15) is 4.79 Å². The van der Waals surface area contributed by atoms with Gasteiger partial charge in [0, 0.05) is 11.1 Å². The van der Waals surface area contributed by atoms with Crippen molar-refractivity contribution in [3.63, 3.8) is 0 Å². The molecule has 0 unspecified atom stereocenters. The summed E-state index contributed by atoms with van der Waals surface area (Å²) < 4.78 is 0. The third-order valence-corrected chi connectivity index (χ3v) is 3.29. The van der Waals surface area contributed by atoms with Crippen LogP contribution < -0.4 is 0 Å². The van der Waals surface area contributed by atoms with E-state index < -0.39 is 0 Å². The average Bonchev–Trinajstić information content (AvgIpc) is 2.54. The van der Waals surface area contributed by atoms with E-state index in [0.717, 1.165) is 10.8 Å². The number of carbonyl (C=O) groups is 1. The highest BCUT2D eigenvalue weighted by Crippen LogP contribution is 2.18. The molecule has 0 amide bonds. The molecule has 94 valence electrons. The lowest BCUT2D eigenvalue weighted by atomic mass is 9.99. The van der Waals surface area contributed by atoms with Crippen LogP contribution in [0.2, 0.25) is 0 Å². The molecule has 0 saturated heterocycles. The molecule has 0 N–H and O–H groups in total. The van der Waals surface area contributed by atoms with Crippen LogP contribution in [0.25, 0.3) is 10.8 Å². The number of carbonyl (C=O) groups excluding carboxylic acids is 1. The zero-order chi connectivity index (χ0) is 13.9. The summed E-state index contributed by atoms with van der Waals surface area (Å²) in [6, 6.07) is 22.4. The smallest absolute Gasteiger partial charge is 0.193 e.